The van der Waals surface area contributed by atoms with Crippen LogP contribution in [0.5, 0.6) is 0 Å². The zero-order valence-electron chi connectivity index (χ0n) is 13.6. The fourth-order valence-corrected chi connectivity index (χ4v) is 2.94. The molecule has 7 heteroatoms. The van der Waals surface area contributed by atoms with Crippen LogP contribution in [0.25, 0.3) is 22.8 Å². The summed E-state index contributed by atoms with van der Waals surface area (Å²) in [5.74, 6) is 1.55. The molecule has 0 unspecified atom stereocenters. The standard InChI is InChI=1S/C19H14BrN5O/c20-15-8-4-5-13(9-15)10-22-18-16(11-21-12-23-18)19-24-17(25-26-19)14-6-2-1-3-7-14/h1-9,11-12H,10H2,(H,21,22,23). The lowest BCUT2D eigenvalue weighted by atomic mass is 10.2. The zero-order chi connectivity index (χ0) is 17.8. The molecule has 0 fully saturated rings. The van der Waals surface area contributed by atoms with E-state index in [2.05, 4.69) is 41.4 Å². The van der Waals surface area contributed by atoms with Crippen molar-refractivity contribution in [1.29, 1.82) is 0 Å². The number of hydrogen-bond acceptors (Lipinski definition) is 6. The lowest BCUT2D eigenvalue weighted by Gasteiger charge is -2.08. The second-order valence-electron chi connectivity index (χ2n) is 5.56. The van der Waals surface area contributed by atoms with Crippen LogP contribution in [0.4, 0.5) is 5.82 Å². The first kappa shape index (κ1) is 16.4. The van der Waals surface area contributed by atoms with Gasteiger partial charge in [-0.05, 0) is 17.7 Å². The van der Waals surface area contributed by atoms with Crippen molar-refractivity contribution in [3.8, 4) is 22.8 Å². The fraction of sp³-hybridized carbons (Fsp3) is 0.0526. The lowest BCUT2D eigenvalue weighted by Crippen LogP contribution is -2.03. The van der Waals surface area contributed by atoms with Crippen molar-refractivity contribution < 1.29 is 4.52 Å². The summed E-state index contributed by atoms with van der Waals surface area (Å²) in [5.41, 5.74) is 2.68. The second-order valence-corrected chi connectivity index (χ2v) is 6.47. The Hall–Kier alpha value is -3.06. The lowest BCUT2D eigenvalue weighted by molar-refractivity contribution is 0.432. The largest absolute Gasteiger partial charge is 0.365 e. The molecule has 0 aliphatic carbocycles. The van der Waals surface area contributed by atoms with Crippen LogP contribution in [0.1, 0.15) is 5.56 Å². The number of anilines is 1. The van der Waals surface area contributed by atoms with E-state index in [0.717, 1.165) is 15.6 Å². The zero-order valence-corrected chi connectivity index (χ0v) is 15.2. The van der Waals surface area contributed by atoms with Gasteiger partial charge in [0.15, 0.2) is 0 Å². The van der Waals surface area contributed by atoms with E-state index in [0.29, 0.717) is 29.6 Å². The van der Waals surface area contributed by atoms with Crippen LogP contribution in [0.15, 0.2) is 76.1 Å². The summed E-state index contributed by atoms with van der Waals surface area (Å²) < 4.78 is 6.46. The Morgan fingerprint density at radius 3 is 2.77 bits per heavy atom. The summed E-state index contributed by atoms with van der Waals surface area (Å²) in [5, 5.41) is 7.36. The minimum Gasteiger partial charge on any atom is -0.365 e. The molecule has 4 aromatic rings. The molecule has 0 radical (unpaired) electrons. The highest BCUT2D eigenvalue weighted by Gasteiger charge is 2.15. The SMILES string of the molecule is Brc1cccc(CNc2ncncc2-c2nc(-c3ccccc3)no2)c1. The van der Waals surface area contributed by atoms with Crippen molar-refractivity contribution in [2.75, 3.05) is 5.32 Å². The number of benzene rings is 2. The Bertz CT molecular complexity index is 1020. The monoisotopic (exact) mass is 407 g/mol. The topological polar surface area (TPSA) is 76.7 Å². The molecule has 0 saturated heterocycles. The molecule has 1 N–H and O–H groups in total. The van der Waals surface area contributed by atoms with E-state index in [-0.39, 0.29) is 0 Å². The Labute approximate surface area is 158 Å². The molecule has 6 nitrogen and oxygen atoms in total. The van der Waals surface area contributed by atoms with E-state index in [4.69, 9.17) is 4.52 Å². The number of rotatable bonds is 5. The van der Waals surface area contributed by atoms with Crippen LogP contribution in [0, 0.1) is 0 Å². The first-order valence-electron chi connectivity index (χ1n) is 7.97. The van der Waals surface area contributed by atoms with Crippen molar-refractivity contribution >= 4 is 21.7 Å². The van der Waals surface area contributed by atoms with Crippen LogP contribution >= 0.6 is 15.9 Å². The Morgan fingerprint density at radius 2 is 1.92 bits per heavy atom. The number of nitrogens with zero attached hydrogens (tertiary/aromatic N) is 4. The highest BCUT2D eigenvalue weighted by molar-refractivity contribution is 9.10. The second kappa shape index (κ2) is 7.45. The van der Waals surface area contributed by atoms with Crippen molar-refractivity contribution in [2.24, 2.45) is 0 Å². The first-order chi connectivity index (χ1) is 12.8. The molecule has 0 atom stereocenters. The minimum atomic E-state index is 0.376. The highest BCUT2D eigenvalue weighted by atomic mass is 79.9. The summed E-state index contributed by atoms with van der Waals surface area (Å²) in [6.45, 7) is 0.614. The molecule has 2 aromatic heterocycles. The van der Waals surface area contributed by atoms with E-state index in [1.165, 1.54) is 6.33 Å². The maximum Gasteiger partial charge on any atom is 0.263 e. The molecule has 0 bridgehead atoms. The maximum atomic E-state index is 5.43. The third kappa shape index (κ3) is 3.62. The summed E-state index contributed by atoms with van der Waals surface area (Å²) in [6.07, 6.45) is 3.15. The van der Waals surface area contributed by atoms with E-state index in [9.17, 15) is 0 Å². The van der Waals surface area contributed by atoms with Gasteiger partial charge in [0.2, 0.25) is 5.82 Å². The Morgan fingerprint density at radius 1 is 1.04 bits per heavy atom. The third-order valence-corrected chi connectivity index (χ3v) is 4.24. The number of aromatic nitrogens is 4. The number of nitrogens with one attached hydrogen (secondary N) is 1. The van der Waals surface area contributed by atoms with E-state index in [1.807, 2.05) is 54.6 Å². The van der Waals surface area contributed by atoms with Gasteiger partial charge in [0.25, 0.3) is 5.89 Å². The Balaban J connectivity index is 1.59. The van der Waals surface area contributed by atoms with Crippen molar-refractivity contribution in [3.63, 3.8) is 0 Å². The van der Waals surface area contributed by atoms with Gasteiger partial charge in [-0.1, -0.05) is 63.6 Å². The highest BCUT2D eigenvalue weighted by Crippen LogP contribution is 2.26. The third-order valence-electron chi connectivity index (χ3n) is 3.75. The molecule has 0 aliphatic heterocycles. The molecule has 128 valence electrons. The summed E-state index contributed by atoms with van der Waals surface area (Å²) in [6, 6.07) is 17.7. The van der Waals surface area contributed by atoms with E-state index < -0.39 is 0 Å². The first-order valence-corrected chi connectivity index (χ1v) is 8.77. The van der Waals surface area contributed by atoms with Crippen LogP contribution in [-0.4, -0.2) is 20.1 Å². The van der Waals surface area contributed by atoms with Gasteiger partial charge < -0.3 is 9.84 Å². The summed E-state index contributed by atoms with van der Waals surface area (Å²) in [4.78, 5) is 12.9. The summed E-state index contributed by atoms with van der Waals surface area (Å²) >= 11 is 3.48. The van der Waals surface area contributed by atoms with Crippen LogP contribution in [-0.2, 0) is 6.54 Å². The van der Waals surface area contributed by atoms with Crippen LogP contribution in [0.2, 0.25) is 0 Å². The molecular formula is C19H14BrN5O. The van der Waals surface area contributed by atoms with Crippen molar-refractivity contribution in [2.45, 2.75) is 6.54 Å². The van der Waals surface area contributed by atoms with E-state index >= 15 is 0 Å². The molecule has 2 aromatic carbocycles. The normalized spacial score (nSPS) is 10.7. The summed E-state index contributed by atoms with van der Waals surface area (Å²) in [7, 11) is 0. The molecule has 2 heterocycles. The van der Waals surface area contributed by atoms with Gasteiger partial charge in [0.05, 0.1) is 0 Å². The van der Waals surface area contributed by atoms with Crippen LogP contribution < -0.4 is 5.32 Å². The van der Waals surface area contributed by atoms with Crippen LogP contribution in [0.3, 0.4) is 0 Å². The average Bonchev–Trinajstić information content (AvgIpc) is 3.17. The molecule has 4 rings (SSSR count). The maximum absolute atomic E-state index is 5.43. The molecular weight excluding hydrogens is 394 g/mol. The van der Waals surface area contributed by atoms with Gasteiger partial charge in [0, 0.05) is 22.8 Å². The molecule has 0 saturated carbocycles. The van der Waals surface area contributed by atoms with Crippen molar-refractivity contribution in [3.05, 3.63) is 77.2 Å². The molecule has 0 aliphatic rings. The fourth-order valence-electron chi connectivity index (χ4n) is 2.50. The van der Waals surface area contributed by atoms with Gasteiger partial charge in [-0.2, -0.15) is 4.98 Å². The van der Waals surface area contributed by atoms with Crippen molar-refractivity contribution in [1.82, 2.24) is 20.1 Å². The van der Waals surface area contributed by atoms with Gasteiger partial charge >= 0.3 is 0 Å². The number of halogens is 1. The predicted molar refractivity (Wildman–Crippen MR) is 102 cm³/mol. The number of hydrogen-bond donors (Lipinski definition) is 1. The average molecular weight is 408 g/mol. The van der Waals surface area contributed by atoms with Gasteiger partial charge in [0.1, 0.15) is 17.7 Å². The van der Waals surface area contributed by atoms with Gasteiger partial charge in [-0.3, -0.25) is 0 Å². The quantitative estimate of drug-likeness (QED) is 0.522. The Kier molecular flexibility index (Phi) is 4.70. The van der Waals surface area contributed by atoms with Gasteiger partial charge in [-0.25, -0.2) is 9.97 Å². The molecule has 0 spiro atoms. The smallest absolute Gasteiger partial charge is 0.263 e. The van der Waals surface area contributed by atoms with E-state index in [1.54, 1.807) is 6.20 Å². The molecule has 0 amide bonds. The predicted octanol–water partition coefficient (Wildman–Crippen LogP) is 4.57. The minimum absolute atomic E-state index is 0.376. The molecule has 26 heavy (non-hydrogen) atoms. The van der Waals surface area contributed by atoms with Gasteiger partial charge in [-0.15, -0.1) is 0 Å².